The highest BCUT2D eigenvalue weighted by atomic mass is 19.1. The van der Waals surface area contributed by atoms with Crippen molar-refractivity contribution in [1.29, 1.82) is 0 Å². The topological polar surface area (TPSA) is 47.6 Å². The van der Waals surface area contributed by atoms with Gasteiger partial charge in [-0.2, -0.15) is 0 Å². The summed E-state index contributed by atoms with van der Waals surface area (Å²) in [4.78, 5) is 11.8. The fourth-order valence-corrected chi connectivity index (χ4v) is 1.72. The first-order valence-electron chi connectivity index (χ1n) is 6.87. The minimum Gasteiger partial charge on any atom is -0.491 e. The van der Waals surface area contributed by atoms with E-state index in [-0.39, 0.29) is 18.4 Å². The fourth-order valence-electron chi connectivity index (χ4n) is 1.72. The van der Waals surface area contributed by atoms with Gasteiger partial charge in [-0.15, -0.1) is 0 Å². The van der Waals surface area contributed by atoms with Gasteiger partial charge in [-0.05, 0) is 50.6 Å². The van der Waals surface area contributed by atoms with E-state index in [9.17, 15) is 9.18 Å². The number of carbonyl (C=O) groups is 1. The Morgan fingerprint density at radius 2 is 2.15 bits per heavy atom. The first-order valence-corrected chi connectivity index (χ1v) is 6.87. The first-order chi connectivity index (χ1) is 9.58. The molecule has 4 nitrogen and oxygen atoms in total. The molecule has 0 aliphatic carbocycles. The van der Waals surface area contributed by atoms with Crippen LogP contribution in [0.5, 0.6) is 5.75 Å². The third kappa shape index (κ3) is 5.17. The lowest BCUT2D eigenvalue weighted by atomic mass is 10.2. The fraction of sp³-hybridized carbons (Fsp3) is 0.533. The van der Waals surface area contributed by atoms with Crippen molar-refractivity contribution in [3.63, 3.8) is 0 Å². The SMILES string of the molecule is CCCNC(COc1ccc(F)cc1C)C(=O)OCC. The summed E-state index contributed by atoms with van der Waals surface area (Å²) in [5.41, 5.74) is 0.697. The van der Waals surface area contributed by atoms with E-state index in [1.54, 1.807) is 19.9 Å². The lowest BCUT2D eigenvalue weighted by Gasteiger charge is -2.18. The second-order valence-corrected chi connectivity index (χ2v) is 4.48. The van der Waals surface area contributed by atoms with Crippen molar-refractivity contribution >= 4 is 5.97 Å². The van der Waals surface area contributed by atoms with E-state index in [1.165, 1.54) is 12.1 Å². The monoisotopic (exact) mass is 283 g/mol. The summed E-state index contributed by atoms with van der Waals surface area (Å²) in [6.45, 7) is 6.73. The van der Waals surface area contributed by atoms with Crippen LogP contribution in [0, 0.1) is 12.7 Å². The lowest BCUT2D eigenvalue weighted by molar-refractivity contribution is -0.146. The quantitative estimate of drug-likeness (QED) is 0.744. The Labute approximate surface area is 119 Å². The van der Waals surface area contributed by atoms with Crippen LogP contribution in [-0.2, 0) is 9.53 Å². The van der Waals surface area contributed by atoms with Crippen molar-refractivity contribution in [1.82, 2.24) is 5.32 Å². The van der Waals surface area contributed by atoms with Crippen molar-refractivity contribution in [2.75, 3.05) is 19.8 Å². The molecule has 0 aliphatic heterocycles. The van der Waals surface area contributed by atoms with E-state index >= 15 is 0 Å². The van der Waals surface area contributed by atoms with Crippen LogP contribution in [0.4, 0.5) is 4.39 Å². The number of ether oxygens (including phenoxy) is 2. The molecule has 1 rings (SSSR count). The summed E-state index contributed by atoms with van der Waals surface area (Å²) >= 11 is 0. The summed E-state index contributed by atoms with van der Waals surface area (Å²) in [7, 11) is 0. The molecule has 0 aliphatic rings. The Bertz CT molecular complexity index is 437. The maximum atomic E-state index is 13.0. The molecule has 0 spiro atoms. The number of nitrogens with one attached hydrogen (secondary N) is 1. The highest BCUT2D eigenvalue weighted by Crippen LogP contribution is 2.18. The van der Waals surface area contributed by atoms with E-state index in [2.05, 4.69) is 5.32 Å². The molecule has 1 atom stereocenters. The molecule has 1 aromatic carbocycles. The molecule has 0 heterocycles. The highest BCUT2D eigenvalue weighted by molar-refractivity contribution is 5.76. The van der Waals surface area contributed by atoms with Crippen LogP contribution in [0.3, 0.4) is 0 Å². The second kappa shape index (κ2) is 8.53. The third-order valence-electron chi connectivity index (χ3n) is 2.75. The number of esters is 1. The average Bonchev–Trinajstić information content (AvgIpc) is 2.41. The standard InChI is InChI=1S/C15H22FNO3/c1-4-8-17-13(15(18)19-5-2)10-20-14-7-6-12(16)9-11(14)3/h6-7,9,13,17H,4-5,8,10H2,1-3H3. The Kier molecular flexibility index (Phi) is 7.01. The molecular weight excluding hydrogens is 261 g/mol. The molecule has 112 valence electrons. The van der Waals surface area contributed by atoms with E-state index in [0.29, 0.717) is 24.5 Å². The van der Waals surface area contributed by atoms with Crippen molar-refractivity contribution in [3.05, 3.63) is 29.6 Å². The Morgan fingerprint density at radius 3 is 2.75 bits per heavy atom. The van der Waals surface area contributed by atoms with Crippen LogP contribution < -0.4 is 10.1 Å². The zero-order valence-electron chi connectivity index (χ0n) is 12.2. The molecule has 0 aromatic heterocycles. The molecule has 1 unspecified atom stereocenters. The predicted octanol–water partition coefficient (Wildman–Crippen LogP) is 2.44. The van der Waals surface area contributed by atoms with Gasteiger partial charge in [0.05, 0.1) is 6.61 Å². The van der Waals surface area contributed by atoms with Crippen LogP contribution in [0.2, 0.25) is 0 Å². The predicted molar refractivity (Wildman–Crippen MR) is 75.3 cm³/mol. The first kappa shape index (κ1) is 16.4. The number of aryl methyl sites for hydroxylation is 1. The van der Waals surface area contributed by atoms with Gasteiger partial charge in [0.25, 0.3) is 0 Å². The van der Waals surface area contributed by atoms with Gasteiger partial charge in [0.2, 0.25) is 0 Å². The zero-order valence-corrected chi connectivity index (χ0v) is 12.2. The molecule has 5 heteroatoms. The van der Waals surface area contributed by atoms with Crippen LogP contribution in [0.25, 0.3) is 0 Å². The molecule has 20 heavy (non-hydrogen) atoms. The van der Waals surface area contributed by atoms with E-state index in [4.69, 9.17) is 9.47 Å². The van der Waals surface area contributed by atoms with Gasteiger partial charge in [0.1, 0.15) is 24.2 Å². The molecule has 0 saturated carbocycles. The zero-order chi connectivity index (χ0) is 15.0. The molecular formula is C15H22FNO3. The van der Waals surface area contributed by atoms with Crippen LogP contribution in [-0.4, -0.2) is 31.8 Å². The summed E-state index contributed by atoms with van der Waals surface area (Å²) in [6, 6.07) is 3.78. The summed E-state index contributed by atoms with van der Waals surface area (Å²) in [5, 5.41) is 3.08. The molecule has 0 amide bonds. The largest absolute Gasteiger partial charge is 0.491 e. The number of halogens is 1. The maximum absolute atomic E-state index is 13.0. The number of hydrogen-bond donors (Lipinski definition) is 1. The van der Waals surface area contributed by atoms with Crippen molar-refractivity contribution < 1.29 is 18.7 Å². The van der Waals surface area contributed by atoms with E-state index in [0.717, 1.165) is 6.42 Å². The van der Waals surface area contributed by atoms with Gasteiger partial charge in [0, 0.05) is 0 Å². The number of hydrogen-bond acceptors (Lipinski definition) is 4. The van der Waals surface area contributed by atoms with Crippen LogP contribution in [0.15, 0.2) is 18.2 Å². The third-order valence-corrected chi connectivity index (χ3v) is 2.75. The van der Waals surface area contributed by atoms with Gasteiger partial charge >= 0.3 is 5.97 Å². The van der Waals surface area contributed by atoms with Gasteiger partial charge in [-0.1, -0.05) is 6.92 Å². The minimum atomic E-state index is -0.514. The number of carbonyl (C=O) groups excluding carboxylic acids is 1. The Morgan fingerprint density at radius 1 is 1.40 bits per heavy atom. The second-order valence-electron chi connectivity index (χ2n) is 4.48. The Hall–Kier alpha value is -1.62. The van der Waals surface area contributed by atoms with Gasteiger partial charge < -0.3 is 14.8 Å². The molecule has 1 N–H and O–H groups in total. The highest BCUT2D eigenvalue weighted by Gasteiger charge is 2.20. The summed E-state index contributed by atoms with van der Waals surface area (Å²) in [5.74, 6) is -0.0689. The van der Waals surface area contributed by atoms with Crippen LogP contribution in [0.1, 0.15) is 25.8 Å². The minimum absolute atomic E-state index is 0.158. The van der Waals surface area contributed by atoms with Gasteiger partial charge in [0.15, 0.2) is 0 Å². The lowest BCUT2D eigenvalue weighted by Crippen LogP contribution is -2.43. The van der Waals surface area contributed by atoms with E-state index < -0.39 is 6.04 Å². The maximum Gasteiger partial charge on any atom is 0.326 e. The van der Waals surface area contributed by atoms with Gasteiger partial charge in [-0.3, -0.25) is 4.79 Å². The smallest absolute Gasteiger partial charge is 0.326 e. The molecule has 0 fully saturated rings. The van der Waals surface area contributed by atoms with Crippen LogP contribution >= 0.6 is 0 Å². The van der Waals surface area contributed by atoms with Crippen molar-refractivity contribution in [3.8, 4) is 5.75 Å². The molecule has 0 bridgehead atoms. The molecule has 1 aromatic rings. The molecule has 0 radical (unpaired) electrons. The summed E-state index contributed by atoms with van der Waals surface area (Å²) < 4.78 is 23.6. The van der Waals surface area contributed by atoms with E-state index in [1.807, 2.05) is 6.92 Å². The number of rotatable bonds is 8. The summed E-state index contributed by atoms with van der Waals surface area (Å²) in [6.07, 6.45) is 0.908. The van der Waals surface area contributed by atoms with Crippen molar-refractivity contribution in [2.45, 2.75) is 33.2 Å². The Balaban J connectivity index is 2.62. The number of benzene rings is 1. The molecule has 0 saturated heterocycles. The average molecular weight is 283 g/mol. The van der Waals surface area contributed by atoms with Crippen molar-refractivity contribution in [2.24, 2.45) is 0 Å². The normalized spacial score (nSPS) is 12.0. The van der Waals surface area contributed by atoms with Gasteiger partial charge in [-0.25, -0.2) is 4.39 Å².